The van der Waals surface area contributed by atoms with E-state index in [1.165, 1.54) is 35.1 Å². The van der Waals surface area contributed by atoms with Crippen LogP contribution in [0.25, 0.3) is 0 Å². The number of aromatic nitrogens is 1. The van der Waals surface area contributed by atoms with E-state index in [9.17, 15) is 0 Å². The van der Waals surface area contributed by atoms with Crippen LogP contribution in [0, 0.1) is 6.92 Å². The van der Waals surface area contributed by atoms with E-state index in [2.05, 4.69) is 50.0 Å². The van der Waals surface area contributed by atoms with Gasteiger partial charge in [0.25, 0.3) is 0 Å². The molecule has 0 spiro atoms. The SMILES string of the molecule is Cc1nc(N(C)C2CCCN(C)C2)sc1CNC(C)C. The lowest BCUT2D eigenvalue weighted by Crippen LogP contribution is -2.45. The van der Waals surface area contributed by atoms with Crippen molar-refractivity contribution in [2.75, 3.05) is 32.1 Å². The molecule has 114 valence electrons. The third-order valence-corrected chi connectivity index (χ3v) is 5.25. The molecule has 20 heavy (non-hydrogen) atoms. The fourth-order valence-corrected chi connectivity index (χ4v) is 3.68. The average molecular weight is 296 g/mol. The largest absolute Gasteiger partial charge is 0.347 e. The van der Waals surface area contributed by atoms with Gasteiger partial charge in [0.2, 0.25) is 0 Å². The predicted octanol–water partition coefficient (Wildman–Crippen LogP) is 2.48. The van der Waals surface area contributed by atoms with Crippen molar-refractivity contribution in [3.8, 4) is 0 Å². The summed E-state index contributed by atoms with van der Waals surface area (Å²) in [4.78, 5) is 10.9. The molecule has 0 amide bonds. The Bertz CT molecular complexity index is 430. The summed E-state index contributed by atoms with van der Waals surface area (Å²) in [6.45, 7) is 9.79. The molecule has 0 radical (unpaired) electrons. The van der Waals surface area contributed by atoms with Crippen LogP contribution in [0.3, 0.4) is 0 Å². The van der Waals surface area contributed by atoms with Crippen LogP contribution >= 0.6 is 11.3 Å². The van der Waals surface area contributed by atoms with Crippen molar-refractivity contribution in [3.63, 3.8) is 0 Å². The predicted molar refractivity (Wildman–Crippen MR) is 87.7 cm³/mol. The lowest BCUT2D eigenvalue weighted by molar-refractivity contribution is 0.248. The van der Waals surface area contributed by atoms with Crippen molar-refractivity contribution >= 4 is 16.5 Å². The summed E-state index contributed by atoms with van der Waals surface area (Å²) < 4.78 is 0. The highest BCUT2D eigenvalue weighted by molar-refractivity contribution is 7.15. The first-order valence-electron chi connectivity index (χ1n) is 7.58. The highest BCUT2D eigenvalue weighted by Crippen LogP contribution is 2.28. The molecule has 4 nitrogen and oxygen atoms in total. The molecule has 1 aliphatic rings. The Balaban J connectivity index is 2.02. The highest BCUT2D eigenvalue weighted by Gasteiger charge is 2.23. The Kier molecular flexibility index (Phi) is 5.41. The van der Waals surface area contributed by atoms with Crippen LogP contribution in [-0.4, -0.2) is 49.2 Å². The second kappa shape index (κ2) is 6.87. The zero-order valence-electron chi connectivity index (χ0n) is 13.4. The van der Waals surface area contributed by atoms with E-state index < -0.39 is 0 Å². The van der Waals surface area contributed by atoms with Gasteiger partial charge in [-0.25, -0.2) is 4.98 Å². The lowest BCUT2D eigenvalue weighted by atomic mass is 10.1. The van der Waals surface area contributed by atoms with E-state index >= 15 is 0 Å². The minimum Gasteiger partial charge on any atom is -0.347 e. The van der Waals surface area contributed by atoms with Gasteiger partial charge in [0.15, 0.2) is 5.13 Å². The molecule has 5 heteroatoms. The molecule has 1 aromatic rings. The number of thiazole rings is 1. The summed E-state index contributed by atoms with van der Waals surface area (Å²) >= 11 is 1.84. The number of aryl methyl sites for hydroxylation is 1. The number of anilines is 1. The van der Waals surface area contributed by atoms with Crippen LogP contribution in [0.2, 0.25) is 0 Å². The van der Waals surface area contributed by atoms with Gasteiger partial charge in [-0.1, -0.05) is 13.8 Å². The molecule has 1 aliphatic heterocycles. The number of nitrogens with zero attached hydrogens (tertiary/aromatic N) is 3. The molecule has 0 aliphatic carbocycles. The number of likely N-dealkylation sites (tertiary alicyclic amines) is 1. The maximum atomic E-state index is 4.77. The van der Waals surface area contributed by atoms with Crippen molar-refractivity contribution in [2.24, 2.45) is 0 Å². The van der Waals surface area contributed by atoms with E-state index in [4.69, 9.17) is 4.98 Å². The van der Waals surface area contributed by atoms with Crippen molar-refractivity contribution in [1.29, 1.82) is 0 Å². The van der Waals surface area contributed by atoms with Crippen LogP contribution < -0.4 is 10.2 Å². The molecule has 1 aromatic heterocycles. The Morgan fingerprint density at radius 3 is 2.90 bits per heavy atom. The minimum absolute atomic E-state index is 0.518. The standard InChI is InChI=1S/C15H28N4S/c1-11(2)16-9-14-12(3)17-15(20-14)19(5)13-7-6-8-18(4)10-13/h11,13,16H,6-10H2,1-5H3. The second-order valence-electron chi connectivity index (χ2n) is 6.21. The fraction of sp³-hybridized carbons (Fsp3) is 0.800. The molecule has 1 fully saturated rings. The Hall–Kier alpha value is -0.650. The summed E-state index contributed by atoms with van der Waals surface area (Å²) in [6, 6.07) is 1.12. The Morgan fingerprint density at radius 1 is 1.50 bits per heavy atom. The van der Waals surface area contributed by atoms with Crippen LogP contribution in [0.15, 0.2) is 0 Å². The molecule has 1 N–H and O–H groups in total. The van der Waals surface area contributed by atoms with Gasteiger partial charge in [0.05, 0.1) is 5.69 Å². The van der Waals surface area contributed by atoms with Crippen LogP contribution in [0.1, 0.15) is 37.3 Å². The van der Waals surface area contributed by atoms with E-state index in [-0.39, 0.29) is 0 Å². The number of hydrogen-bond donors (Lipinski definition) is 1. The normalized spacial score (nSPS) is 20.6. The Labute approximate surface area is 127 Å². The molecular weight excluding hydrogens is 268 g/mol. The average Bonchev–Trinajstić information content (AvgIpc) is 2.77. The van der Waals surface area contributed by atoms with Gasteiger partial charge in [0.1, 0.15) is 0 Å². The quantitative estimate of drug-likeness (QED) is 0.904. The summed E-state index contributed by atoms with van der Waals surface area (Å²) in [5.41, 5.74) is 1.18. The van der Waals surface area contributed by atoms with Crippen molar-refractivity contribution < 1.29 is 0 Å². The monoisotopic (exact) mass is 296 g/mol. The Morgan fingerprint density at radius 2 is 2.25 bits per heavy atom. The van der Waals surface area contributed by atoms with Crippen LogP contribution in [0.4, 0.5) is 5.13 Å². The van der Waals surface area contributed by atoms with E-state index in [0.29, 0.717) is 12.1 Å². The summed E-state index contributed by atoms with van der Waals surface area (Å²) in [5, 5.41) is 4.65. The zero-order valence-corrected chi connectivity index (χ0v) is 14.3. The topological polar surface area (TPSA) is 31.4 Å². The number of nitrogens with one attached hydrogen (secondary N) is 1. The van der Waals surface area contributed by atoms with Gasteiger partial charge in [0, 0.05) is 37.1 Å². The molecule has 1 atom stereocenters. The van der Waals surface area contributed by atoms with Crippen molar-refractivity contribution in [2.45, 2.75) is 52.2 Å². The maximum Gasteiger partial charge on any atom is 0.185 e. The smallest absolute Gasteiger partial charge is 0.185 e. The van der Waals surface area contributed by atoms with Crippen molar-refractivity contribution in [3.05, 3.63) is 10.6 Å². The van der Waals surface area contributed by atoms with Gasteiger partial charge in [-0.15, -0.1) is 11.3 Å². The molecule has 1 unspecified atom stereocenters. The summed E-state index contributed by atoms with van der Waals surface area (Å²) in [7, 11) is 4.41. The third kappa shape index (κ3) is 3.93. The fourth-order valence-electron chi connectivity index (χ4n) is 2.64. The number of piperidine rings is 1. The molecule has 2 rings (SSSR count). The number of likely N-dealkylation sites (N-methyl/N-ethyl adjacent to an activating group) is 2. The first-order chi connectivity index (χ1) is 9.47. The summed E-state index contributed by atoms with van der Waals surface area (Å²) in [5.74, 6) is 0. The first-order valence-corrected chi connectivity index (χ1v) is 8.40. The van der Waals surface area contributed by atoms with Gasteiger partial charge >= 0.3 is 0 Å². The molecule has 0 aromatic carbocycles. The van der Waals surface area contributed by atoms with Crippen LogP contribution in [0.5, 0.6) is 0 Å². The number of hydrogen-bond acceptors (Lipinski definition) is 5. The van der Waals surface area contributed by atoms with Gasteiger partial charge in [-0.2, -0.15) is 0 Å². The van der Waals surface area contributed by atoms with Gasteiger partial charge < -0.3 is 15.1 Å². The number of rotatable bonds is 5. The highest BCUT2D eigenvalue weighted by atomic mass is 32.1. The van der Waals surface area contributed by atoms with Gasteiger partial charge in [-0.05, 0) is 33.4 Å². The lowest BCUT2D eigenvalue weighted by Gasteiger charge is -2.35. The second-order valence-corrected chi connectivity index (χ2v) is 7.27. The van der Waals surface area contributed by atoms with Crippen molar-refractivity contribution in [1.82, 2.24) is 15.2 Å². The molecule has 0 bridgehead atoms. The summed E-state index contributed by atoms with van der Waals surface area (Å²) in [6.07, 6.45) is 2.57. The molecule has 0 saturated carbocycles. The minimum atomic E-state index is 0.518. The molecular formula is C15H28N4S. The van der Waals surface area contributed by atoms with E-state index in [1.54, 1.807) is 0 Å². The molecule has 2 heterocycles. The molecule has 1 saturated heterocycles. The van der Waals surface area contributed by atoms with Gasteiger partial charge in [-0.3, -0.25) is 0 Å². The van der Waals surface area contributed by atoms with E-state index in [1.807, 2.05) is 11.3 Å². The first kappa shape index (κ1) is 15.7. The van der Waals surface area contributed by atoms with Crippen LogP contribution in [-0.2, 0) is 6.54 Å². The maximum absolute atomic E-state index is 4.77. The van der Waals surface area contributed by atoms with E-state index in [0.717, 1.165) is 13.1 Å². The third-order valence-electron chi connectivity index (χ3n) is 4.00. The zero-order chi connectivity index (χ0) is 14.7.